The van der Waals surface area contributed by atoms with Crippen molar-refractivity contribution >= 4 is 23.7 Å². The highest BCUT2D eigenvalue weighted by Gasteiger charge is 2.32. The Bertz CT molecular complexity index is 626. The van der Waals surface area contributed by atoms with Crippen LogP contribution in [-0.2, 0) is 22.1 Å². The molecule has 9 heteroatoms. The molecule has 1 aromatic rings. The van der Waals surface area contributed by atoms with Crippen LogP contribution in [0, 0.1) is 0 Å². The summed E-state index contributed by atoms with van der Waals surface area (Å²) in [6, 6.07) is 1.10. The van der Waals surface area contributed by atoms with Crippen molar-refractivity contribution in [2.45, 2.75) is 45.0 Å². The Hall–Kier alpha value is -1.96. The van der Waals surface area contributed by atoms with Crippen molar-refractivity contribution in [3.05, 3.63) is 34.3 Å². The number of rotatable bonds is 4. The topological polar surface area (TPSA) is 75.6 Å². The Morgan fingerprint density at radius 1 is 1.29 bits per heavy atom. The van der Waals surface area contributed by atoms with Gasteiger partial charge in [-0.15, -0.1) is 0 Å². The van der Waals surface area contributed by atoms with E-state index >= 15 is 0 Å². The van der Waals surface area contributed by atoms with Crippen LogP contribution in [0.4, 0.5) is 18.0 Å². The lowest BCUT2D eigenvalue weighted by atomic mass is 10.0. The Balaban J connectivity index is 2.97. The summed E-state index contributed by atoms with van der Waals surface area (Å²) in [5.74, 6) is -1.42. The van der Waals surface area contributed by atoms with Gasteiger partial charge < -0.3 is 15.2 Å². The Morgan fingerprint density at radius 3 is 2.33 bits per heavy atom. The minimum atomic E-state index is -4.59. The molecular formula is C15H17ClF3NO4. The van der Waals surface area contributed by atoms with E-state index in [2.05, 4.69) is 5.32 Å². The molecule has 1 amide bonds. The van der Waals surface area contributed by atoms with Gasteiger partial charge in [0, 0.05) is 11.4 Å². The summed E-state index contributed by atoms with van der Waals surface area (Å²) in [5.41, 5.74) is -1.85. The van der Waals surface area contributed by atoms with Crippen LogP contribution >= 0.6 is 11.6 Å². The van der Waals surface area contributed by atoms with E-state index < -0.39 is 41.9 Å². The van der Waals surface area contributed by atoms with Gasteiger partial charge in [-0.3, -0.25) is 0 Å². The summed E-state index contributed by atoms with van der Waals surface area (Å²) in [5, 5.41) is 11.2. The molecule has 0 aliphatic heterocycles. The lowest BCUT2D eigenvalue weighted by molar-refractivity contribution is -0.139. The van der Waals surface area contributed by atoms with Crippen LogP contribution < -0.4 is 5.32 Å². The zero-order chi connectivity index (χ0) is 18.7. The molecule has 5 nitrogen and oxygen atoms in total. The Labute approximate surface area is 141 Å². The predicted molar refractivity (Wildman–Crippen MR) is 81.0 cm³/mol. The van der Waals surface area contributed by atoms with E-state index in [1.165, 1.54) is 0 Å². The van der Waals surface area contributed by atoms with Crippen LogP contribution in [0.1, 0.15) is 31.9 Å². The third kappa shape index (κ3) is 6.27. The summed E-state index contributed by atoms with van der Waals surface area (Å²) in [7, 11) is 0. The minimum Gasteiger partial charge on any atom is -0.480 e. The van der Waals surface area contributed by atoms with Crippen molar-refractivity contribution in [3.63, 3.8) is 0 Å². The van der Waals surface area contributed by atoms with Crippen LogP contribution in [-0.4, -0.2) is 28.8 Å². The van der Waals surface area contributed by atoms with Crippen molar-refractivity contribution in [2.75, 3.05) is 0 Å². The highest BCUT2D eigenvalue weighted by Crippen LogP contribution is 2.32. The predicted octanol–water partition coefficient (Wildman–Crippen LogP) is 3.88. The summed E-state index contributed by atoms with van der Waals surface area (Å²) in [4.78, 5) is 22.9. The van der Waals surface area contributed by atoms with Gasteiger partial charge in [0.2, 0.25) is 0 Å². The Kier molecular flexibility index (Phi) is 6.10. The fraction of sp³-hybridized carbons (Fsp3) is 0.467. The average molecular weight is 368 g/mol. The molecule has 0 spiro atoms. The lowest BCUT2D eigenvalue weighted by Gasteiger charge is -2.22. The van der Waals surface area contributed by atoms with Crippen molar-refractivity contribution < 1.29 is 32.6 Å². The molecule has 0 aliphatic carbocycles. The number of ether oxygens (including phenoxy) is 1. The summed E-state index contributed by atoms with van der Waals surface area (Å²) in [6.07, 6.45) is -5.99. The SMILES string of the molecule is CC(C)(C)OC(=O)NC(Cc1cc(C(F)(F)F)ccc1Cl)C(=O)O. The number of amides is 1. The third-order valence-electron chi connectivity index (χ3n) is 2.79. The lowest BCUT2D eigenvalue weighted by Crippen LogP contribution is -2.44. The fourth-order valence-electron chi connectivity index (χ4n) is 1.78. The van der Waals surface area contributed by atoms with E-state index in [0.29, 0.717) is 0 Å². The number of hydrogen-bond acceptors (Lipinski definition) is 3. The number of halogens is 4. The molecule has 0 bridgehead atoms. The maximum Gasteiger partial charge on any atom is 0.416 e. The molecule has 1 rings (SSSR count). The number of carbonyl (C=O) groups is 2. The second-order valence-corrected chi connectivity index (χ2v) is 6.45. The smallest absolute Gasteiger partial charge is 0.416 e. The molecule has 24 heavy (non-hydrogen) atoms. The van der Waals surface area contributed by atoms with E-state index in [4.69, 9.17) is 21.4 Å². The molecule has 0 saturated heterocycles. The van der Waals surface area contributed by atoms with Crippen molar-refractivity contribution in [1.29, 1.82) is 0 Å². The number of aliphatic carboxylic acids is 1. The first kappa shape index (κ1) is 20.1. The maximum absolute atomic E-state index is 12.7. The van der Waals surface area contributed by atoms with Crippen molar-refractivity contribution in [2.24, 2.45) is 0 Å². The van der Waals surface area contributed by atoms with Gasteiger partial charge in [-0.2, -0.15) is 13.2 Å². The van der Waals surface area contributed by atoms with Crippen LogP contribution in [0.3, 0.4) is 0 Å². The number of hydrogen-bond donors (Lipinski definition) is 2. The zero-order valence-corrected chi connectivity index (χ0v) is 14.0. The molecular weight excluding hydrogens is 351 g/mol. The molecule has 2 N–H and O–H groups in total. The first-order valence-electron chi connectivity index (χ1n) is 6.87. The minimum absolute atomic E-state index is 0.0276. The number of nitrogens with one attached hydrogen (secondary N) is 1. The molecule has 0 aromatic heterocycles. The monoisotopic (exact) mass is 367 g/mol. The second kappa shape index (κ2) is 7.29. The number of alkyl halides is 3. The van der Waals surface area contributed by atoms with Gasteiger partial charge in [0.25, 0.3) is 0 Å². The van der Waals surface area contributed by atoms with Gasteiger partial charge >= 0.3 is 18.2 Å². The van der Waals surface area contributed by atoms with E-state index in [-0.39, 0.29) is 10.6 Å². The second-order valence-electron chi connectivity index (χ2n) is 6.05. The zero-order valence-electron chi connectivity index (χ0n) is 13.2. The van der Waals surface area contributed by atoms with Crippen molar-refractivity contribution in [3.8, 4) is 0 Å². The molecule has 1 unspecified atom stereocenters. The largest absolute Gasteiger partial charge is 0.480 e. The van der Waals surface area contributed by atoms with E-state index in [1.54, 1.807) is 20.8 Å². The van der Waals surface area contributed by atoms with Gasteiger partial charge in [0.05, 0.1) is 5.56 Å². The van der Waals surface area contributed by atoms with Crippen LogP contribution in [0.2, 0.25) is 5.02 Å². The number of carboxylic acids is 1. The van der Waals surface area contributed by atoms with E-state index in [0.717, 1.165) is 18.2 Å². The maximum atomic E-state index is 12.7. The molecule has 1 atom stereocenters. The average Bonchev–Trinajstić information content (AvgIpc) is 2.36. The molecule has 0 saturated carbocycles. The molecule has 0 heterocycles. The standard InChI is InChI=1S/C15H17ClF3NO4/c1-14(2,3)24-13(23)20-11(12(21)22)7-8-6-9(15(17,18)19)4-5-10(8)16/h4-6,11H,7H2,1-3H3,(H,20,23)(H,21,22). The summed E-state index contributed by atoms with van der Waals surface area (Å²) >= 11 is 5.83. The highest BCUT2D eigenvalue weighted by molar-refractivity contribution is 6.31. The number of alkyl carbamates (subject to hydrolysis) is 1. The normalized spacial score (nSPS) is 13.3. The number of benzene rings is 1. The first-order chi connectivity index (χ1) is 10.8. The van der Waals surface area contributed by atoms with Crippen LogP contribution in [0.25, 0.3) is 0 Å². The third-order valence-corrected chi connectivity index (χ3v) is 3.15. The summed E-state index contributed by atoms with van der Waals surface area (Å²) in [6.45, 7) is 4.77. The van der Waals surface area contributed by atoms with E-state index in [9.17, 15) is 22.8 Å². The van der Waals surface area contributed by atoms with E-state index in [1.807, 2.05) is 0 Å². The van der Waals surface area contributed by atoms with Gasteiger partial charge in [-0.25, -0.2) is 9.59 Å². The fourth-order valence-corrected chi connectivity index (χ4v) is 1.97. The van der Waals surface area contributed by atoms with Gasteiger partial charge in [0.1, 0.15) is 11.6 Å². The number of carbonyl (C=O) groups excluding carboxylic acids is 1. The van der Waals surface area contributed by atoms with Gasteiger partial charge in [-0.05, 0) is 44.5 Å². The highest BCUT2D eigenvalue weighted by atomic mass is 35.5. The van der Waals surface area contributed by atoms with Crippen LogP contribution in [0.15, 0.2) is 18.2 Å². The van der Waals surface area contributed by atoms with Crippen LogP contribution in [0.5, 0.6) is 0 Å². The number of carboxylic acid groups (broad SMARTS) is 1. The molecule has 0 fully saturated rings. The molecule has 134 valence electrons. The molecule has 0 aliphatic rings. The molecule has 0 radical (unpaired) electrons. The first-order valence-corrected chi connectivity index (χ1v) is 7.25. The van der Waals surface area contributed by atoms with Crippen molar-refractivity contribution in [1.82, 2.24) is 5.32 Å². The van der Waals surface area contributed by atoms with Gasteiger partial charge in [-0.1, -0.05) is 11.6 Å². The van der Waals surface area contributed by atoms with Gasteiger partial charge in [0.15, 0.2) is 0 Å². The summed E-state index contributed by atoms with van der Waals surface area (Å²) < 4.78 is 43.2. The quantitative estimate of drug-likeness (QED) is 0.846. The Morgan fingerprint density at radius 2 is 1.88 bits per heavy atom. The molecule has 1 aromatic carbocycles.